The van der Waals surface area contributed by atoms with Crippen LogP contribution in [0.4, 0.5) is 0 Å². The van der Waals surface area contributed by atoms with Crippen LogP contribution in [0.2, 0.25) is 5.02 Å². The minimum Gasteiger partial charge on any atom is -0.478 e. The van der Waals surface area contributed by atoms with Crippen LogP contribution in [-0.4, -0.2) is 11.1 Å². The molecule has 2 rings (SSSR count). The number of hydrogen-bond acceptors (Lipinski definition) is 1. The van der Waals surface area contributed by atoms with E-state index in [4.69, 9.17) is 16.7 Å². The summed E-state index contributed by atoms with van der Waals surface area (Å²) in [6.45, 7) is 1.99. The highest BCUT2D eigenvalue weighted by atomic mass is 35.5. The molecule has 0 aromatic heterocycles. The number of hydrogen-bond donors (Lipinski definition) is 1. The molecule has 0 fully saturated rings. The maximum Gasteiger partial charge on any atom is 0.328 e. The summed E-state index contributed by atoms with van der Waals surface area (Å²) in [7, 11) is 0. The average molecular weight is 273 g/mol. The highest BCUT2D eigenvalue weighted by Crippen LogP contribution is 2.25. The zero-order chi connectivity index (χ0) is 13.8. The van der Waals surface area contributed by atoms with Crippen LogP contribution in [0.1, 0.15) is 16.7 Å². The van der Waals surface area contributed by atoms with Gasteiger partial charge in [0.1, 0.15) is 0 Å². The number of aliphatic carboxylic acids is 1. The lowest BCUT2D eigenvalue weighted by Gasteiger charge is -2.08. The normalized spacial score (nSPS) is 11.4. The Morgan fingerprint density at radius 2 is 1.79 bits per heavy atom. The van der Waals surface area contributed by atoms with Crippen molar-refractivity contribution in [2.24, 2.45) is 0 Å². The third kappa shape index (κ3) is 3.46. The van der Waals surface area contributed by atoms with Gasteiger partial charge in [0, 0.05) is 11.1 Å². The molecule has 19 heavy (non-hydrogen) atoms. The third-order valence-corrected chi connectivity index (χ3v) is 3.00. The summed E-state index contributed by atoms with van der Waals surface area (Å²) in [6, 6.07) is 14.9. The highest BCUT2D eigenvalue weighted by Gasteiger charge is 2.07. The van der Waals surface area contributed by atoms with E-state index in [1.807, 2.05) is 43.3 Å². The van der Waals surface area contributed by atoms with Gasteiger partial charge < -0.3 is 5.11 Å². The first kappa shape index (κ1) is 13.4. The van der Waals surface area contributed by atoms with E-state index >= 15 is 0 Å². The molecule has 0 heterocycles. The number of carboxylic acid groups (broad SMARTS) is 1. The van der Waals surface area contributed by atoms with Crippen LogP contribution < -0.4 is 0 Å². The summed E-state index contributed by atoms with van der Waals surface area (Å²) in [4.78, 5) is 11.0. The van der Waals surface area contributed by atoms with Crippen molar-refractivity contribution >= 4 is 23.1 Å². The molecule has 96 valence electrons. The molecule has 2 aromatic rings. The van der Waals surface area contributed by atoms with Crippen LogP contribution in [0.5, 0.6) is 0 Å². The molecular formula is C16H13ClO2. The van der Waals surface area contributed by atoms with E-state index in [0.29, 0.717) is 10.6 Å². The first-order chi connectivity index (χ1) is 9.06. The number of halogens is 1. The Morgan fingerprint density at radius 3 is 2.37 bits per heavy atom. The molecule has 0 unspecified atom stereocenters. The predicted molar refractivity (Wildman–Crippen MR) is 77.3 cm³/mol. The minimum absolute atomic E-state index is 0.584. The molecule has 0 aliphatic rings. The number of rotatable bonds is 3. The Labute approximate surface area is 117 Å². The fourth-order valence-electron chi connectivity index (χ4n) is 1.85. The maximum atomic E-state index is 11.0. The van der Waals surface area contributed by atoms with Crippen molar-refractivity contribution in [2.75, 3.05) is 0 Å². The zero-order valence-electron chi connectivity index (χ0n) is 10.4. The van der Waals surface area contributed by atoms with Gasteiger partial charge in [0.25, 0.3) is 0 Å². The van der Waals surface area contributed by atoms with Gasteiger partial charge in [-0.15, -0.1) is 0 Å². The Kier molecular flexibility index (Phi) is 4.03. The smallest absolute Gasteiger partial charge is 0.328 e. The number of benzene rings is 2. The van der Waals surface area contributed by atoms with Crippen molar-refractivity contribution in [3.8, 4) is 0 Å². The second-order valence-electron chi connectivity index (χ2n) is 4.27. The van der Waals surface area contributed by atoms with Gasteiger partial charge in [0.15, 0.2) is 0 Å². The largest absolute Gasteiger partial charge is 0.478 e. The van der Waals surface area contributed by atoms with Gasteiger partial charge >= 0.3 is 5.97 Å². The lowest BCUT2D eigenvalue weighted by Crippen LogP contribution is -1.95. The van der Waals surface area contributed by atoms with Gasteiger partial charge in [0.2, 0.25) is 0 Å². The second-order valence-corrected chi connectivity index (χ2v) is 4.71. The van der Waals surface area contributed by atoms with Crippen LogP contribution in [0.3, 0.4) is 0 Å². The SMILES string of the molecule is Cc1ccc(/C(=C/C(=O)O)c2cccc(Cl)c2)cc1. The van der Waals surface area contributed by atoms with Crippen molar-refractivity contribution in [2.45, 2.75) is 6.92 Å². The van der Waals surface area contributed by atoms with Gasteiger partial charge in [-0.05, 0) is 35.8 Å². The number of carboxylic acids is 1. The summed E-state index contributed by atoms with van der Waals surface area (Å²) in [6.07, 6.45) is 1.20. The molecular weight excluding hydrogens is 260 g/mol. The first-order valence-electron chi connectivity index (χ1n) is 5.84. The van der Waals surface area contributed by atoms with Crippen LogP contribution in [0.15, 0.2) is 54.6 Å². The Hall–Kier alpha value is -2.06. The van der Waals surface area contributed by atoms with Crippen molar-refractivity contribution in [3.05, 3.63) is 76.3 Å². The molecule has 0 spiro atoms. The number of aryl methyl sites for hydroxylation is 1. The molecule has 2 nitrogen and oxygen atoms in total. The van der Waals surface area contributed by atoms with Gasteiger partial charge in [-0.2, -0.15) is 0 Å². The Morgan fingerprint density at radius 1 is 1.11 bits per heavy atom. The molecule has 1 N–H and O–H groups in total. The van der Waals surface area contributed by atoms with Crippen molar-refractivity contribution in [1.82, 2.24) is 0 Å². The molecule has 0 amide bonds. The molecule has 0 bridgehead atoms. The van der Waals surface area contributed by atoms with E-state index in [1.54, 1.807) is 12.1 Å². The average Bonchev–Trinajstić information content (AvgIpc) is 2.37. The standard InChI is InChI=1S/C16H13ClO2/c1-11-5-7-12(8-6-11)15(10-16(18)19)13-3-2-4-14(17)9-13/h2-10H,1H3,(H,18,19)/b15-10-. The first-order valence-corrected chi connectivity index (χ1v) is 6.21. The molecule has 0 atom stereocenters. The molecule has 3 heteroatoms. The Balaban J connectivity index is 2.54. The summed E-state index contributed by atoms with van der Waals surface area (Å²) < 4.78 is 0. The van der Waals surface area contributed by atoms with Crippen molar-refractivity contribution in [1.29, 1.82) is 0 Å². The van der Waals surface area contributed by atoms with E-state index in [-0.39, 0.29) is 0 Å². The van der Waals surface area contributed by atoms with E-state index in [0.717, 1.165) is 16.7 Å². The van der Waals surface area contributed by atoms with Crippen LogP contribution in [0, 0.1) is 6.92 Å². The fourth-order valence-corrected chi connectivity index (χ4v) is 2.04. The second kappa shape index (κ2) is 5.72. The quantitative estimate of drug-likeness (QED) is 0.852. The fraction of sp³-hybridized carbons (Fsp3) is 0.0625. The van der Waals surface area contributed by atoms with Gasteiger partial charge in [-0.1, -0.05) is 53.6 Å². The topological polar surface area (TPSA) is 37.3 Å². The van der Waals surface area contributed by atoms with Gasteiger partial charge in [-0.3, -0.25) is 0 Å². The van der Waals surface area contributed by atoms with Crippen molar-refractivity contribution in [3.63, 3.8) is 0 Å². The van der Waals surface area contributed by atoms with Crippen LogP contribution in [0.25, 0.3) is 5.57 Å². The van der Waals surface area contributed by atoms with E-state index in [9.17, 15) is 4.79 Å². The third-order valence-electron chi connectivity index (χ3n) is 2.77. The van der Waals surface area contributed by atoms with Crippen molar-refractivity contribution < 1.29 is 9.90 Å². The summed E-state index contributed by atoms with van der Waals surface area (Å²) in [5, 5.41) is 9.61. The van der Waals surface area contributed by atoms with Crippen LogP contribution >= 0.6 is 11.6 Å². The lowest BCUT2D eigenvalue weighted by atomic mass is 9.97. The van der Waals surface area contributed by atoms with E-state index in [2.05, 4.69) is 0 Å². The monoisotopic (exact) mass is 272 g/mol. The molecule has 0 aliphatic heterocycles. The molecule has 0 radical (unpaired) electrons. The molecule has 0 saturated heterocycles. The summed E-state index contributed by atoms with van der Waals surface area (Å²) in [5.74, 6) is -0.976. The molecule has 0 saturated carbocycles. The Bertz CT molecular complexity index is 627. The highest BCUT2D eigenvalue weighted by molar-refractivity contribution is 6.30. The molecule has 0 aliphatic carbocycles. The lowest BCUT2D eigenvalue weighted by molar-refractivity contribution is -0.131. The maximum absolute atomic E-state index is 11.0. The van der Waals surface area contributed by atoms with Crippen LogP contribution in [-0.2, 0) is 4.79 Å². The van der Waals surface area contributed by atoms with E-state index in [1.165, 1.54) is 6.08 Å². The minimum atomic E-state index is -0.976. The van der Waals surface area contributed by atoms with Gasteiger partial charge in [0.05, 0.1) is 0 Å². The zero-order valence-corrected chi connectivity index (χ0v) is 11.2. The molecule has 2 aromatic carbocycles. The summed E-state index contributed by atoms with van der Waals surface area (Å²) >= 11 is 5.96. The number of carbonyl (C=O) groups is 1. The van der Waals surface area contributed by atoms with Gasteiger partial charge in [-0.25, -0.2) is 4.79 Å². The summed E-state index contributed by atoms with van der Waals surface area (Å²) in [5.41, 5.74) is 3.42. The van der Waals surface area contributed by atoms with E-state index < -0.39 is 5.97 Å². The predicted octanol–water partition coefficient (Wildman–Crippen LogP) is 4.16.